The Morgan fingerprint density at radius 1 is 0.964 bits per heavy atom. The molecule has 3 aromatic rings. The smallest absolute Gasteiger partial charge is 0.175 e. The van der Waals surface area contributed by atoms with Gasteiger partial charge in [-0.05, 0) is 70.4 Å². The molecule has 3 rings (SSSR count). The van der Waals surface area contributed by atoms with Crippen molar-refractivity contribution >= 4 is 27.8 Å². The van der Waals surface area contributed by atoms with Crippen LogP contribution in [0.5, 0.6) is 17.2 Å². The second kappa shape index (κ2) is 9.95. The van der Waals surface area contributed by atoms with E-state index in [9.17, 15) is 0 Å². The summed E-state index contributed by atoms with van der Waals surface area (Å²) in [6, 6.07) is 21.5. The second-order valence-corrected chi connectivity index (χ2v) is 6.85. The number of hydrogen-bond acceptors (Lipinski definition) is 4. The summed E-state index contributed by atoms with van der Waals surface area (Å²) in [5, 5.41) is 0. The number of halogens is 1. The summed E-state index contributed by atoms with van der Waals surface area (Å²) in [5.41, 5.74) is 2.86. The first-order chi connectivity index (χ1) is 13.7. The number of benzene rings is 3. The van der Waals surface area contributed by atoms with Crippen LogP contribution >= 0.6 is 15.9 Å². The highest BCUT2D eigenvalue weighted by atomic mass is 79.9. The number of hydrogen-bond donors (Lipinski definition) is 0. The van der Waals surface area contributed by atoms with E-state index in [0.29, 0.717) is 24.7 Å². The molecular weight excluding hydrogens is 418 g/mol. The fraction of sp³-hybridized carbons (Fsp3) is 0.174. The van der Waals surface area contributed by atoms with Crippen LogP contribution in [0.1, 0.15) is 18.1 Å². The third-order valence-electron chi connectivity index (χ3n) is 3.99. The van der Waals surface area contributed by atoms with Gasteiger partial charge in [0.2, 0.25) is 0 Å². The topological polar surface area (TPSA) is 40.0 Å². The van der Waals surface area contributed by atoms with Crippen molar-refractivity contribution in [1.29, 1.82) is 0 Å². The van der Waals surface area contributed by atoms with Gasteiger partial charge in [-0.3, -0.25) is 4.99 Å². The summed E-state index contributed by atoms with van der Waals surface area (Å²) in [6.45, 7) is 2.97. The molecule has 3 aromatic carbocycles. The maximum absolute atomic E-state index is 6.02. The Hall–Kier alpha value is -2.79. The van der Waals surface area contributed by atoms with Crippen LogP contribution in [0.4, 0.5) is 5.69 Å². The first-order valence-corrected chi connectivity index (χ1v) is 9.80. The molecule has 0 atom stereocenters. The van der Waals surface area contributed by atoms with Crippen LogP contribution < -0.4 is 14.2 Å². The Morgan fingerprint density at radius 3 is 2.39 bits per heavy atom. The average molecular weight is 440 g/mol. The first kappa shape index (κ1) is 20.0. The van der Waals surface area contributed by atoms with Crippen molar-refractivity contribution in [2.24, 2.45) is 4.99 Å². The van der Waals surface area contributed by atoms with E-state index in [0.717, 1.165) is 27.0 Å². The molecule has 0 fully saturated rings. The van der Waals surface area contributed by atoms with Gasteiger partial charge in [0.1, 0.15) is 12.4 Å². The first-order valence-electron chi connectivity index (χ1n) is 9.00. The lowest BCUT2D eigenvalue weighted by atomic mass is 10.2. The molecule has 0 spiro atoms. The quantitative estimate of drug-likeness (QED) is 0.393. The van der Waals surface area contributed by atoms with Crippen LogP contribution in [0.15, 0.2) is 76.2 Å². The van der Waals surface area contributed by atoms with Crippen LogP contribution in [-0.2, 0) is 6.61 Å². The molecule has 0 amide bonds. The molecule has 0 saturated heterocycles. The molecule has 28 heavy (non-hydrogen) atoms. The predicted molar refractivity (Wildman–Crippen MR) is 116 cm³/mol. The van der Waals surface area contributed by atoms with Gasteiger partial charge in [0.05, 0.1) is 23.9 Å². The summed E-state index contributed by atoms with van der Waals surface area (Å²) in [7, 11) is 1.65. The molecule has 4 nitrogen and oxygen atoms in total. The van der Waals surface area contributed by atoms with Crippen molar-refractivity contribution in [3.8, 4) is 17.2 Å². The second-order valence-electron chi connectivity index (χ2n) is 5.99. The van der Waals surface area contributed by atoms with Crippen molar-refractivity contribution < 1.29 is 14.2 Å². The van der Waals surface area contributed by atoms with Gasteiger partial charge in [-0.15, -0.1) is 0 Å². The minimum atomic E-state index is 0.471. The lowest BCUT2D eigenvalue weighted by molar-refractivity contribution is 0.267. The fourth-order valence-corrected chi connectivity index (χ4v) is 3.19. The van der Waals surface area contributed by atoms with Crippen LogP contribution in [0.25, 0.3) is 0 Å². The number of methoxy groups -OCH3 is 1. The minimum Gasteiger partial charge on any atom is -0.497 e. The van der Waals surface area contributed by atoms with Crippen LogP contribution in [0.3, 0.4) is 0 Å². The number of nitrogens with zero attached hydrogens (tertiary/aromatic N) is 1. The molecule has 0 bridgehead atoms. The molecule has 5 heteroatoms. The van der Waals surface area contributed by atoms with Gasteiger partial charge in [0.15, 0.2) is 11.5 Å². The Bertz CT molecular complexity index is 925. The molecule has 0 aliphatic heterocycles. The van der Waals surface area contributed by atoms with Gasteiger partial charge in [-0.2, -0.15) is 0 Å². The predicted octanol–water partition coefficient (Wildman–Crippen LogP) is 6.19. The van der Waals surface area contributed by atoms with E-state index in [1.165, 1.54) is 0 Å². The molecule has 0 aliphatic carbocycles. The Balaban J connectivity index is 1.80. The van der Waals surface area contributed by atoms with Gasteiger partial charge >= 0.3 is 0 Å². The monoisotopic (exact) mass is 439 g/mol. The van der Waals surface area contributed by atoms with E-state index in [-0.39, 0.29) is 0 Å². The van der Waals surface area contributed by atoms with E-state index in [4.69, 9.17) is 14.2 Å². The Morgan fingerprint density at radius 2 is 1.71 bits per heavy atom. The molecule has 0 N–H and O–H groups in total. The standard InChI is InChI=1S/C23H22BrNO3/c1-3-27-22-14-18(15-25-19-9-11-20(26-2)12-10-19)13-21(24)23(22)28-16-17-7-5-4-6-8-17/h4-15H,3,16H2,1-2H3. The zero-order valence-corrected chi connectivity index (χ0v) is 17.5. The highest BCUT2D eigenvalue weighted by Crippen LogP contribution is 2.37. The van der Waals surface area contributed by atoms with Gasteiger partial charge in [0, 0.05) is 6.21 Å². The fourth-order valence-electron chi connectivity index (χ4n) is 2.61. The Labute approximate surface area is 173 Å². The van der Waals surface area contributed by atoms with Crippen LogP contribution in [-0.4, -0.2) is 19.9 Å². The van der Waals surface area contributed by atoms with E-state index in [1.54, 1.807) is 13.3 Å². The lowest BCUT2D eigenvalue weighted by Crippen LogP contribution is -2.01. The van der Waals surface area contributed by atoms with Crippen LogP contribution in [0.2, 0.25) is 0 Å². The molecular formula is C23H22BrNO3. The van der Waals surface area contributed by atoms with E-state index < -0.39 is 0 Å². The zero-order chi connectivity index (χ0) is 19.8. The van der Waals surface area contributed by atoms with Crippen molar-refractivity contribution in [1.82, 2.24) is 0 Å². The highest BCUT2D eigenvalue weighted by molar-refractivity contribution is 9.10. The zero-order valence-electron chi connectivity index (χ0n) is 15.9. The largest absolute Gasteiger partial charge is 0.497 e. The molecule has 0 aliphatic rings. The van der Waals surface area contributed by atoms with Crippen molar-refractivity contribution in [3.63, 3.8) is 0 Å². The third-order valence-corrected chi connectivity index (χ3v) is 4.58. The maximum Gasteiger partial charge on any atom is 0.175 e. The molecule has 144 valence electrons. The molecule has 0 aromatic heterocycles. The number of ether oxygens (including phenoxy) is 3. The summed E-state index contributed by atoms with van der Waals surface area (Å²) >= 11 is 3.60. The van der Waals surface area contributed by atoms with Gasteiger partial charge < -0.3 is 14.2 Å². The SMILES string of the molecule is CCOc1cc(C=Nc2ccc(OC)cc2)cc(Br)c1OCc1ccccc1. The summed E-state index contributed by atoms with van der Waals surface area (Å²) in [6.07, 6.45) is 1.80. The highest BCUT2D eigenvalue weighted by Gasteiger charge is 2.12. The lowest BCUT2D eigenvalue weighted by Gasteiger charge is -2.14. The van der Waals surface area contributed by atoms with Crippen molar-refractivity contribution in [2.45, 2.75) is 13.5 Å². The molecule has 0 heterocycles. The molecule has 0 unspecified atom stereocenters. The van der Waals surface area contributed by atoms with Gasteiger partial charge in [0.25, 0.3) is 0 Å². The molecule has 0 radical (unpaired) electrons. The van der Waals surface area contributed by atoms with Crippen LogP contribution in [0, 0.1) is 0 Å². The van der Waals surface area contributed by atoms with E-state index in [1.807, 2.05) is 73.7 Å². The number of aliphatic imine (C=N–C) groups is 1. The van der Waals surface area contributed by atoms with E-state index in [2.05, 4.69) is 20.9 Å². The molecule has 0 saturated carbocycles. The average Bonchev–Trinajstić information content (AvgIpc) is 2.73. The summed E-state index contributed by atoms with van der Waals surface area (Å²) < 4.78 is 17.8. The summed E-state index contributed by atoms with van der Waals surface area (Å²) in [5.74, 6) is 2.18. The minimum absolute atomic E-state index is 0.471. The summed E-state index contributed by atoms with van der Waals surface area (Å²) in [4.78, 5) is 4.52. The van der Waals surface area contributed by atoms with Crippen molar-refractivity contribution in [3.05, 3.63) is 82.3 Å². The van der Waals surface area contributed by atoms with E-state index >= 15 is 0 Å². The van der Waals surface area contributed by atoms with Gasteiger partial charge in [-0.1, -0.05) is 30.3 Å². The Kier molecular flexibility index (Phi) is 7.09. The third kappa shape index (κ3) is 5.36. The maximum atomic E-state index is 6.02. The van der Waals surface area contributed by atoms with Crippen molar-refractivity contribution in [2.75, 3.05) is 13.7 Å². The number of rotatable bonds is 8. The normalized spacial score (nSPS) is 10.8. The van der Waals surface area contributed by atoms with Gasteiger partial charge in [-0.25, -0.2) is 0 Å².